The third-order valence-electron chi connectivity index (χ3n) is 4.95. The number of nitrogens with zero attached hydrogens (tertiary/aromatic N) is 2. The van der Waals surface area contributed by atoms with E-state index in [1.807, 2.05) is 25.1 Å². The maximum Gasteiger partial charge on any atom is 0.306 e. The maximum absolute atomic E-state index is 12.7. The number of carboxylic acid groups (broad SMARTS) is 1. The molecule has 1 aromatic heterocycles. The number of carbonyl (C=O) groups excluding carboxylic acids is 2. The van der Waals surface area contributed by atoms with Gasteiger partial charge in [0.2, 0.25) is 5.91 Å². The van der Waals surface area contributed by atoms with E-state index < -0.39 is 11.9 Å². The van der Waals surface area contributed by atoms with Crippen LogP contribution in [0.5, 0.6) is 0 Å². The minimum atomic E-state index is -0.815. The van der Waals surface area contributed by atoms with E-state index in [2.05, 4.69) is 0 Å². The van der Waals surface area contributed by atoms with Crippen LogP contribution in [-0.4, -0.2) is 59.4 Å². The Hall–Kier alpha value is -2.83. The van der Waals surface area contributed by atoms with E-state index >= 15 is 0 Å². The molecule has 7 heteroatoms. The molecule has 1 aliphatic heterocycles. The molecular weight excluding hydrogens is 336 g/mol. The fourth-order valence-electron chi connectivity index (χ4n) is 3.30. The number of rotatable bonds is 4. The van der Waals surface area contributed by atoms with Crippen molar-refractivity contribution in [2.45, 2.75) is 19.8 Å². The standard InChI is InChI=1S/C19H22N2O5/c1-12-14-5-3-4-6-15(14)26-17(12)18(23)20(2)11-16(22)21-9-7-13(8-10-21)19(24)25/h3-6,13H,7-11H2,1-2H3,(H,24,25). The lowest BCUT2D eigenvalue weighted by molar-refractivity contribution is -0.145. The number of aryl methyl sites for hydroxylation is 1. The lowest BCUT2D eigenvalue weighted by atomic mass is 9.97. The molecule has 2 heterocycles. The quantitative estimate of drug-likeness (QED) is 0.904. The van der Waals surface area contributed by atoms with Crippen LogP contribution in [0.4, 0.5) is 0 Å². The van der Waals surface area contributed by atoms with Crippen molar-refractivity contribution in [1.82, 2.24) is 9.80 Å². The molecule has 26 heavy (non-hydrogen) atoms. The second kappa shape index (κ2) is 7.19. The van der Waals surface area contributed by atoms with Crippen molar-refractivity contribution in [3.05, 3.63) is 35.6 Å². The number of carbonyl (C=O) groups is 3. The van der Waals surface area contributed by atoms with Gasteiger partial charge in [0.1, 0.15) is 5.58 Å². The fraction of sp³-hybridized carbons (Fsp3) is 0.421. The van der Waals surface area contributed by atoms with Crippen LogP contribution in [0, 0.1) is 12.8 Å². The SMILES string of the molecule is Cc1c(C(=O)N(C)CC(=O)N2CCC(C(=O)O)CC2)oc2ccccc12. The molecule has 0 saturated carbocycles. The van der Waals surface area contributed by atoms with Gasteiger partial charge in [-0.1, -0.05) is 18.2 Å². The number of fused-ring (bicyclic) bond motifs is 1. The first-order chi connectivity index (χ1) is 12.4. The van der Waals surface area contributed by atoms with E-state index in [9.17, 15) is 14.4 Å². The highest BCUT2D eigenvalue weighted by Crippen LogP contribution is 2.26. The van der Waals surface area contributed by atoms with E-state index in [1.54, 1.807) is 18.0 Å². The fourth-order valence-corrected chi connectivity index (χ4v) is 3.30. The summed E-state index contributed by atoms with van der Waals surface area (Å²) >= 11 is 0. The first-order valence-electron chi connectivity index (χ1n) is 8.62. The maximum atomic E-state index is 12.7. The Labute approximate surface area is 151 Å². The van der Waals surface area contributed by atoms with Crippen LogP contribution in [0.15, 0.2) is 28.7 Å². The third kappa shape index (κ3) is 3.42. The van der Waals surface area contributed by atoms with Crippen molar-refractivity contribution < 1.29 is 23.9 Å². The highest BCUT2D eigenvalue weighted by atomic mass is 16.4. The summed E-state index contributed by atoms with van der Waals surface area (Å²) in [6.45, 7) is 2.57. The van der Waals surface area contributed by atoms with Gasteiger partial charge in [-0.05, 0) is 25.8 Å². The van der Waals surface area contributed by atoms with E-state index in [0.29, 0.717) is 31.5 Å². The molecule has 1 aliphatic rings. The van der Waals surface area contributed by atoms with Gasteiger partial charge in [0.05, 0.1) is 12.5 Å². The molecule has 0 unspecified atom stereocenters. The lowest BCUT2D eigenvalue weighted by Gasteiger charge is -2.31. The molecule has 2 aromatic rings. The largest absolute Gasteiger partial charge is 0.481 e. The van der Waals surface area contributed by atoms with Gasteiger partial charge in [0.25, 0.3) is 5.91 Å². The summed E-state index contributed by atoms with van der Waals surface area (Å²) in [5, 5.41) is 9.91. The summed E-state index contributed by atoms with van der Waals surface area (Å²) in [6, 6.07) is 7.42. The number of para-hydroxylation sites is 1. The van der Waals surface area contributed by atoms with Gasteiger partial charge in [-0.15, -0.1) is 0 Å². The lowest BCUT2D eigenvalue weighted by Crippen LogP contribution is -2.45. The molecule has 0 spiro atoms. The number of amides is 2. The van der Waals surface area contributed by atoms with E-state index in [-0.39, 0.29) is 24.1 Å². The molecule has 1 aromatic carbocycles. The molecule has 0 bridgehead atoms. The first kappa shape index (κ1) is 18.0. The number of carboxylic acids is 1. The minimum absolute atomic E-state index is 0.0624. The van der Waals surface area contributed by atoms with Crippen molar-refractivity contribution in [2.75, 3.05) is 26.7 Å². The third-order valence-corrected chi connectivity index (χ3v) is 4.95. The van der Waals surface area contributed by atoms with E-state index in [0.717, 1.165) is 10.9 Å². The summed E-state index contributed by atoms with van der Waals surface area (Å²) in [4.78, 5) is 39.1. The molecule has 3 rings (SSSR count). The van der Waals surface area contributed by atoms with Gasteiger partial charge in [-0.2, -0.15) is 0 Å². The van der Waals surface area contributed by atoms with Crippen molar-refractivity contribution in [1.29, 1.82) is 0 Å². The highest BCUT2D eigenvalue weighted by molar-refractivity contribution is 6.00. The van der Waals surface area contributed by atoms with Gasteiger partial charge in [-0.3, -0.25) is 14.4 Å². The topological polar surface area (TPSA) is 91.1 Å². The van der Waals surface area contributed by atoms with Crippen LogP contribution in [0.1, 0.15) is 29.0 Å². The van der Waals surface area contributed by atoms with Crippen molar-refractivity contribution in [3.8, 4) is 0 Å². The number of benzene rings is 1. The van der Waals surface area contributed by atoms with Crippen LogP contribution in [-0.2, 0) is 9.59 Å². The van der Waals surface area contributed by atoms with Crippen LogP contribution in [0.3, 0.4) is 0 Å². The first-order valence-corrected chi connectivity index (χ1v) is 8.62. The zero-order valence-electron chi connectivity index (χ0n) is 14.9. The summed E-state index contributed by atoms with van der Waals surface area (Å²) in [5.74, 6) is -1.49. The number of hydrogen-bond acceptors (Lipinski definition) is 4. The van der Waals surface area contributed by atoms with E-state index in [1.165, 1.54) is 4.90 Å². The molecule has 1 N–H and O–H groups in total. The average Bonchev–Trinajstić information content (AvgIpc) is 2.98. The molecule has 2 amide bonds. The summed E-state index contributed by atoms with van der Waals surface area (Å²) in [6.07, 6.45) is 0.892. The Balaban J connectivity index is 1.64. The summed E-state index contributed by atoms with van der Waals surface area (Å²) in [7, 11) is 1.57. The van der Waals surface area contributed by atoms with Crippen LogP contribution < -0.4 is 0 Å². The Morgan fingerprint density at radius 3 is 2.50 bits per heavy atom. The van der Waals surface area contributed by atoms with Gasteiger partial charge < -0.3 is 19.3 Å². The van der Waals surface area contributed by atoms with Crippen LogP contribution >= 0.6 is 0 Å². The Kier molecular flexibility index (Phi) is 4.97. The highest BCUT2D eigenvalue weighted by Gasteiger charge is 2.29. The molecule has 1 saturated heterocycles. The second-order valence-electron chi connectivity index (χ2n) is 6.71. The monoisotopic (exact) mass is 358 g/mol. The minimum Gasteiger partial charge on any atom is -0.481 e. The Morgan fingerprint density at radius 2 is 1.88 bits per heavy atom. The normalized spacial score (nSPS) is 15.2. The number of hydrogen-bond donors (Lipinski definition) is 1. The van der Waals surface area contributed by atoms with Gasteiger partial charge >= 0.3 is 5.97 Å². The molecule has 0 aliphatic carbocycles. The molecule has 0 radical (unpaired) electrons. The molecular formula is C19H22N2O5. The molecule has 138 valence electrons. The predicted molar refractivity (Wildman–Crippen MR) is 94.9 cm³/mol. The second-order valence-corrected chi connectivity index (χ2v) is 6.71. The molecule has 7 nitrogen and oxygen atoms in total. The predicted octanol–water partition coefficient (Wildman–Crippen LogP) is 2.14. The van der Waals surface area contributed by atoms with Crippen molar-refractivity contribution in [2.24, 2.45) is 5.92 Å². The number of piperidine rings is 1. The van der Waals surface area contributed by atoms with Crippen LogP contribution in [0.2, 0.25) is 0 Å². The molecule has 0 atom stereocenters. The number of aliphatic carboxylic acids is 1. The van der Waals surface area contributed by atoms with Crippen molar-refractivity contribution >= 4 is 28.8 Å². The number of furan rings is 1. The van der Waals surface area contributed by atoms with Gasteiger partial charge in [-0.25, -0.2) is 0 Å². The number of likely N-dealkylation sites (tertiary alicyclic amines) is 1. The molecule has 1 fully saturated rings. The van der Waals surface area contributed by atoms with Crippen LogP contribution in [0.25, 0.3) is 11.0 Å². The summed E-state index contributed by atoms with van der Waals surface area (Å²) in [5.41, 5.74) is 1.40. The zero-order valence-corrected chi connectivity index (χ0v) is 14.9. The smallest absolute Gasteiger partial charge is 0.306 e. The van der Waals surface area contributed by atoms with Crippen molar-refractivity contribution in [3.63, 3.8) is 0 Å². The van der Waals surface area contributed by atoms with Gasteiger partial charge in [0, 0.05) is 31.1 Å². The zero-order chi connectivity index (χ0) is 18.8. The Morgan fingerprint density at radius 1 is 1.23 bits per heavy atom. The van der Waals surface area contributed by atoms with Gasteiger partial charge in [0.15, 0.2) is 5.76 Å². The van der Waals surface area contributed by atoms with E-state index in [4.69, 9.17) is 9.52 Å². The number of likely N-dealkylation sites (N-methyl/N-ethyl adjacent to an activating group) is 1. The average molecular weight is 358 g/mol. The summed E-state index contributed by atoms with van der Waals surface area (Å²) < 4.78 is 5.67. The Bertz CT molecular complexity index is 849.